The van der Waals surface area contributed by atoms with Crippen molar-refractivity contribution in [2.24, 2.45) is 0 Å². The molecule has 1 N–H and O–H groups in total. The van der Waals surface area contributed by atoms with Crippen molar-refractivity contribution in [3.05, 3.63) is 28.3 Å². The first kappa shape index (κ1) is 14.2. The highest BCUT2D eigenvalue weighted by Crippen LogP contribution is 2.33. The summed E-state index contributed by atoms with van der Waals surface area (Å²) in [4.78, 5) is 0. The number of fused-ring (bicyclic) bond motifs is 1. The largest absolute Gasteiger partial charge is 0.493 e. The second-order valence-electron chi connectivity index (χ2n) is 6.02. The van der Waals surface area contributed by atoms with Crippen molar-refractivity contribution in [3.63, 3.8) is 0 Å². The van der Waals surface area contributed by atoms with E-state index < -0.39 is 0 Å². The number of nitrogens with one attached hydrogen (secondary N) is 1. The van der Waals surface area contributed by atoms with E-state index in [1.807, 2.05) is 12.1 Å². The van der Waals surface area contributed by atoms with Crippen LogP contribution in [0.25, 0.3) is 0 Å². The summed E-state index contributed by atoms with van der Waals surface area (Å²) < 4.78 is 5.76. The Morgan fingerprint density at radius 1 is 1.30 bits per heavy atom. The minimum Gasteiger partial charge on any atom is -0.493 e. The molecule has 1 aromatic carbocycles. The van der Waals surface area contributed by atoms with Gasteiger partial charge >= 0.3 is 0 Å². The van der Waals surface area contributed by atoms with Crippen LogP contribution < -0.4 is 10.2 Å². The number of ether oxygens (including phenoxy) is 1. The van der Waals surface area contributed by atoms with E-state index >= 15 is 0 Å². The molecule has 0 saturated carbocycles. The van der Waals surface area contributed by atoms with E-state index in [1.54, 1.807) is 0 Å². The maximum Gasteiger partial charge on any atom is 0.127 e. The third kappa shape index (κ3) is 2.80. The molecule has 2 heterocycles. The smallest absolute Gasteiger partial charge is 0.127 e. The lowest BCUT2D eigenvalue weighted by atomic mass is 10.00. The summed E-state index contributed by atoms with van der Waals surface area (Å²) in [5.41, 5.74) is 6.01. The number of hydrogen-bond donors (Lipinski definition) is 1. The monoisotopic (exact) mass is 294 g/mol. The van der Waals surface area contributed by atoms with Crippen LogP contribution in [0.4, 0.5) is 0 Å². The minimum atomic E-state index is 0.590. The quantitative estimate of drug-likeness (QED) is 0.923. The SMILES string of the molecule is CC1CCCC(C)N1NCc1cc(Cl)cc2c1OCC2. The summed E-state index contributed by atoms with van der Waals surface area (Å²) in [7, 11) is 0. The summed E-state index contributed by atoms with van der Waals surface area (Å²) >= 11 is 6.21. The van der Waals surface area contributed by atoms with Crippen LogP contribution in [0.5, 0.6) is 5.75 Å². The lowest BCUT2D eigenvalue weighted by molar-refractivity contribution is 0.0433. The molecule has 2 atom stereocenters. The molecule has 3 nitrogen and oxygen atoms in total. The average Bonchev–Trinajstić information content (AvgIpc) is 2.86. The van der Waals surface area contributed by atoms with Crippen molar-refractivity contribution in [3.8, 4) is 5.75 Å². The highest BCUT2D eigenvalue weighted by atomic mass is 35.5. The van der Waals surface area contributed by atoms with Crippen LogP contribution >= 0.6 is 11.6 Å². The summed E-state index contributed by atoms with van der Waals surface area (Å²) in [6.07, 6.45) is 4.83. The van der Waals surface area contributed by atoms with Gasteiger partial charge in [0.2, 0.25) is 0 Å². The van der Waals surface area contributed by atoms with Gasteiger partial charge in [-0.05, 0) is 44.4 Å². The Labute approximate surface area is 126 Å². The summed E-state index contributed by atoms with van der Waals surface area (Å²) in [5.74, 6) is 1.04. The van der Waals surface area contributed by atoms with E-state index in [1.165, 1.54) is 30.4 Å². The molecule has 2 aliphatic heterocycles. The predicted octanol–water partition coefficient (Wildman–Crippen LogP) is 3.54. The van der Waals surface area contributed by atoms with E-state index in [4.69, 9.17) is 16.3 Å². The number of hydrogen-bond acceptors (Lipinski definition) is 3. The van der Waals surface area contributed by atoms with Crippen LogP contribution in [0.15, 0.2) is 12.1 Å². The Balaban J connectivity index is 1.72. The number of benzene rings is 1. The van der Waals surface area contributed by atoms with Crippen LogP contribution in [0.2, 0.25) is 5.02 Å². The zero-order chi connectivity index (χ0) is 14.1. The van der Waals surface area contributed by atoms with Crippen molar-refractivity contribution >= 4 is 11.6 Å². The van der Waals surface area contributed by atoms with Crippen LogP contribution in [0.3, 0.4) is 0 Å². The Hall–Kier alpha value is -0.770. The fourth-order valence-corrected chi connectivity index (χ4v) is 3.65. The molecule has 2 unspecified atom stereocenters. The topological polar surface area (TPSA) is 24.5 Å². The molecule has 20 heavy (non-hydrogen) atoms. The lowest BCUT2D eigenvalue weighted by Gasteiger charge is -2.39. The molecule has 1 fully saturated rings. The van der Waals surface area contributed by atoms with Gasteiger partial charge in [-0.2, -0.15) is 0 Å². The molecule has 0 radical (unpaired) electrons. The van der Waals surface area contributed by atoms with Gasteiger partial charge in [-0.25, -0.2) is 5.01 Å². The van der Waals surface area contributed by atoms with Gasteiger partial charge in [0.25, 0.3) is 0 Å². The Bertz CT molecular complexity index is 482. The summed E-state index contributed by atoms with van der Waals surface area (Å²) in [5, 5.41) is 3.21. The van der Waals surface area contributed by atoms with Crippen molar-refractivity contribution in [2.45, 2.75) is 58.2 Å². The zero-order valence-corrected chi connectivity index (χ0v) is 13.0. The number of nitrogens with zero attached hydrogens (tertiary/aromatic N) is 1. The van der Waals surface area contributed by atoms with Gasteiger partial charge in [-0.1, -0.05) is 18.0 Å². The Morgan fingerprint density at radius 3 is 2.80 bits per heavy atom. The van der Waals surface area contributed by atoms with Gasteiger partial charge in [0, 0.05) is 35.6 Å². The maximum atomic E-state index is 6.21. The molecule has 0 spiro atoms. The third-order valence-electron chi connectivity index (χ3n) is 4.47. The van der Waals surface area contributed by atoms with Gasteiger partial charge in [-0.15, -0.1) is 0 Å². The molecule has 2 aliphatic rings. The van der Waals surface area contributed by atoms with Crippen molar-refractivity contribution < 1.29 is 4.74 Å². The summed E-state index contributed by atoms with van der Waals surface area (Å²) in [6, 6.07) is 5.23. The molecule has 0 aromatic heterocycles. The predicted molar refractivity (Wildman–Crippen MR) is 82.1 cm³/mol. The highest BCUT2D eigenvalue weighted by Gasteiger charge is 2.25. The number of hydrazine groups is 1. The standard InChI is InChI=1S/C16H23ClN2O/c1-11-4-3-5-12(2)19(11)18-10-14-9-15(17)8-13-6-7-20-16(13)14/h8-9,11-12,18H,3-7,10H2,1-2H3. The third-order valence-corrected chi connectivity index (χ3v) is 4.69. The molecule has 0 bridgehead atoms. The summed E-state index contributed by atoms with van der Waals surface area (Å²) in [6.45, 7) is 6.15. The van der Waals surface area contributed by atoms with Crippen molar-refractivity contribution in [2.75, 3.05) is 6.61 Å². The van der Waals surface area contributed by atoms with Gasteiger partial charge in [-0.3, -0.25) is 5.43 Å². The molecule has 0 aliphatic carbocycles. The molecule has 3 rings (SSSR count). The highest BCUT2D eigenvalue weighted by molar-refractivity contribution is 6.30. The zero-order valence-electron chi connectivity index (χ0n) is 12.3. The van der Waals surface area contributed by atoms with Crippen LogP contribution in [0, 0.1) is 0 Å². The van der Waals surface area contributed by atoms with E-state index in [0.717, 1.165) is 30.3 Å². The van der Waals surface area contributed by atoms with Crippen molar-refractivity contribution in [1.29, 1.82) is 0 Å². The number of halogens is 1. The molecule has 110 valence electrons. The van der Waals surface area contributed by atoms with Crippen LogP contribution in [-0.4, -0.2) is 23.7 Å². The molecular formula is C16H23ClN2O. The number of rotatable bonds is 3. The average molecular weight is 295 g/mol. The molecule has 1 saturated heterocycles. The lowest BCUT2D eigenvalue weighted by Crippen LogP contribution is -2.51. The maximum absolute atomic E-state index is 6.21. The number of piperidine rings is 1. The van der Waals surface area contributed by atoms with Crippen LogP contribution in [-0.2, 0) is 13.0 Å². The Kier molecular flexibility index (Phi) is 4.20. The van der Waals surface area contributed by atoms with E-state index in [2.05, 4.69) is 24.3 Å². The van der Waals surface area contributed by atoms with Gasteiger partial charge < -0.3 is 4.74 Å². The molecule has 4 heteroatoms. The van der Waals surface area contributed by atoms with Gasteiger partial charge in [0.1, 0.15) is 5.75 Å². The fraction of sp³-hybridized carbons (Fsp3) is 0.625. The van der Waals surface area contributed by atoms with Gasteiger partial charge in [0.15, 0.2) is 0 Å². The van der Waals surface area contributed by atoms with Crippen LogP contribution in [0.1, 0.15) is 44.2 Å². The van der Waals surface area contributed by atoms with E-state index in [0.29, 0.717) is 12.1 Å². The molecule has 1 aromatic rings. The molecule has 0 amide bonds. The van der Waals surface area contributed by atoms with E-state index in [9.17, 15) is 0 Å². The molecular weight excluding hydrogens is 272 g/mol. The second-order valence-corrected chi connectivity index (χ2v) is 6.46. The van der Waals surface area contributed by atoms with Gasteiger partial charge in [0.05, 0.1) is 6.61 Å². The van der Waals surface area contributed by atoms with E-state index in [-0.39, 0.29) is 0 Å². The first-order valence-corrected chi connectivity index (χ1v) is 7.99. The first-order chi connectivity index (χ1) is 9.65. The van der Waals surface area contributed by atoms with Crippen molar-refractivity contribution in [1.82, 2.24) is 10.4 Å². The second kappa shape index (κ2) is 5.92. The fourth-order valence-electron chi connectivity index (χ4n) is 3.39. The normalized spacial score (nSPS) is 26.4. The Morgan fingerprint density at radius 2 is 2.05 bits per heavy atom. The minimum absolute atomic E-state index is 0.590. The first-order valence-electron chi connectivity index (χ1n) is 7.61.